The van der Waals surface area contributed by atoms with E-state index in [1.165, 1.54) is 0 Å². The second kappa shape index (κ2) is 7.96. The number of nitrogens with one attached hydrogen (secondary N) is 1. The number of alkyl halides is 3. The first-order valence-corrected chi connectivity index (χ1v) is 6.53. The average Bonchev–Trinajstić information content (AvgIpc) is 2.37. The second-order valence-electron chi connectivity index (χ2n) is 4.62. The molecule has 1 saturated carbocycles. The summed E-state index contributed by atoms with van der Waals surface area (Å²) in [5.41, 5.74) is 0. The van der Waals surface area contributed by atoms with Gasteiger partial charge < -0.3 is 14.8 Å². The minimum absolute atomic E-state index is 0.0755. The number of rotatable bonds is 5. The van der Waals surface area contributed by atoms with Crippen molar-refractivity contribution in [3.8, 4) is 0 Å². The van der Waals surface area contributed by atoms with Gasteiger partial charge in [0.25, 0.3) is 0 Å². The summed E-state index contributed by atoms with van der Waals surface area (Å²) in [6.07, 6.45) is -1.05. The molecule has 5 nitrogen and oxygen atoms in total. The van der Waals surface area contributed by atoms with Crippen molar-refractivity contribution in [1.29, 1.82) is 0 Å². The van der Waals surface area contributed by atoms with E-state index < -0.39 is 24.8 Å². The van der Waals surface area contributed by atoms with E-state index >= 15 is 0 Å². The van der Waals surface area contributed by atoms with E-state index in [1.807, 2.05) is 0 Å². The molecule has 8 heteroatoms. The Kier molecular flexibility index (Phi) is 6.60. The van der Waals surface area contributed by atoms with Gasteiger partial charge in [-0.25, -0.2) is 4.79 Å². The number of halogens is 3. The van der Waals surface area contributed by atoms with Gasteiger partial charge in [0.1, 0.15) is 6.10 Å². The molecule has 1 rings (SSSR count). The van der Waals surface area contributed by atoms with E-state index in [4.69, 9.17) is 4.74 Å². The maximum Gasteiger partial charge on any atom is 0.422 e. The Labute approximate surface area is 114 Å². The van der Waals surface area contributed by atoms with E-state index in [0.29, 0.717) is 0 Å². The normalized spacial score (nSPS) is 16.6. The van der Waals surface area contributed by atoms with E-state index in [0.717, 1.165) is 32.1 Å². The van der Waals surface area contributed by atoms with Crippen molar-refractivity contribution in [2.24, 2.45) is 0 Å². The molecule has 1 fully saturated rings. The first-order chi connectivity index (χ1) is 9.37. The van der Waals surface area contributed by atoms with Crippen LogP contribution in [0.4, 0.5) is 18.0 Å². The van der Waals surface area contributed by atoms with E-state index in [-0.39, 0.29) is 19.1 Å². The van der Waals surface area contributed by atoms with Crippen LogP contribution in [-0.2, 0) is 14.3 Å². The molecule has 0 heterocycles. The fraction of sp³-hybridized carbons (Fsp3) is 0.833. The third kappa shape index (κ3) is 7.85. The molecule has 0 radical (unpaired) electrons. The van der Waals surface area contributed by atoms with Crippen LogP contribution < -0.4 is 5.32 Å². The Morgan fingerprint density at radius 1 is 1.15 bits per heavy atom. The quantitative estimate of drug-likeness (QED) is 0.792. The molecule has 1 N–H and O–H groups in total. The van der Waals surface area contributed by atoms with Crippen LogP contribution in [0.15, 0.2) is 0 Å². The smallest absolute Gasteiger partial charge is 0.422 e. The molecule has 0 aromatic rings. The molecule has 116 valence electrons. The summed E-state index contributed by atoms with van der Waals surface area (Å²) in [5.74, 6) is -0.465. The number of amides is 1. The highest BCUT2D eigenvalue weighted by atomic mass is 19.4. The van der Waals surface area contributed by atoms with Gasteiger partial charge in [-0.1, -0.05) is 6.42 Å². The number of esters is 1. The summed E-state index contributed by atoms with van der Waals surface area (Å²) < 4.78 is 44.3. The fourth-order valence-electron chi connectivity index (χ4n) is 1.89. The Balaban J connectivity index is 2.07. The third-order valence-corrected chi connectivity index (χ3v) is 2.82. The summed E-state index contributed by atoms with van der Waals surface area (Å²) in [6, 6.07) is 0. The largest absolute Gasteiger partial charge is 0.462 e. The summed E-state index contributed by atoms with van der Waals surface area (Å²) in [7, 11) is 0. The zero-order valence-electron chi connectivity index (χ0n) is 11.0. The van der Waals surface area contributed by atoms with Crippen molar-refractivity contribution in [1.82, 2.24) is 5.32 Å². The number of carbonyl (C=O) groups is 2. The molecule has 0 atom stereocenters. The minimum atomic E-state index is -4.56. The highest BCUT2D eigenvalue weighted by Crippen LogP contribution is 2.20. The van der Waals surface area contributed by atoms with Gasteiger partial charge in [0.2, 0.25) is 0 Å². The Bertz CT molecular complexity index is 327. The summed E-state index contributed by atoms with van der Waals surface area (Å²) >= 11 is 0. The Hall–Kier alpha value is -1.47. The summed E-state index contributed by atoms with van der Waals surface area (Å²) in [4.78, 5) is 22.3. The number of hydrogen-bond donors (Lipinski definition) is 1. The number of ether oxygens (including phenoxy) is 2. The van der Waals surface area contributed by atoms with Gasteiger partial charge in [-0.3, -0.25) is 4.79 Å². The topological polar surface area (TPSA) is 64.6 Å². The van der Waals surface area contributed by atoms with Gasteiger partial charge in [0, 0.05) is 6.54 Å². The second-order valence-corrected chi connectivity index (χ2v) is 4.62. The number of carbonyl (C=O) groups excluding carboxylic acids is 2. The zero-order chi connectivity index (χ0) is 15.0. The molecular weight excluding hydrogens is 279 g/mol. The van der Waals surface area contributed by atoms with Gasteiger partial charge in [-0.15, -0.1) is 0 Å². The first kappa shape index (κ1) is 16.6. The molecule has 1 aliphatic carbocycles. The fourth-order valence-corrected chi connectivity index (χ4v) is 1.89. The Morgan fingerprint density at radius 2 is 1.80 bits per heavy atom. The van der Waals surface area contributed by atoms with Crippen molar-refractivity contribution >= 4 is 12.1 Å². The van der Waals surface area contributed by atoms with E-state index in [9.17, 15) is 22.8 Å². The molecule has 0 spiro atoms. The van der Waals surface area contributed by atoms with Crippen molar-refractivity contribution in [3.63, 3.8) is 0 Å². The van der Waals surface area contributed by atoms with Crippen LogP contribution in [0.1, 0.15) is 38.5 Å². The molecule has 0 aromatic heterocycles. The molecule has 1 amide bonds. The molecule has 0 aliphatic heterocycles. The van der Waals surface area contributed by atoms with Crippen molar-refractivity contribution < 1.29 is 32.2 Å². The van der Waals surface area contributed by atoms with Crippen LogP contribution in [0.3, 0.4) is 0 Å². The zero-order valence-corrected chi connectivity index (χ0v) is 11.0. The van der Waals surface area contributed by atoms with Crippen molar-refractivity contribution in [2.45, 2.75) is 50.8 Å². The lowest BCUT2D eigenvalue weighted by Crippen LogP contribution is -2.31. The van der Waals surface area contributed by atoms with Crippen molar-refractivity contribution in [3.05, 3.63) is 0 Å². The molecular formula is C12H18F3NO4. The lowest BCUT2D eigenvalue weighted by molar-refractivity contribution is -0.160. The number of alkyl carbamates (subject to hydrolysis) is 1. The van der Waals surface area contributed by atoms with Crippen LogP contribution in [0, 0.1) is 0 Å². The van der Waals surface area contributed by atoms with E-state index in [2.05, 4.69) is 10.1 Å². The minimum Gasteiger partial charge on any atom is -0.462 e. The third-order valence-electron chi connectivity index (χ3n) is 2.82. The highest BCUT2D eigenvalue weighted by Gasteiger charge is 2.29. The Morgan fingerprint density at radius 3 is 2.40 bits per heavy atom. The van der Waals surface area contributed by atoms with Gasteiger partial charge in [0.15, 0.2) is 6.61 Å². The molecule has 20 heavy (non-hydrogen) atoms. The maximum absolute atomic E-state index is 11.7. The predicted octanol–water partition coefficient (Wildman–Crippen LogP) is 2.54. The molecule has 0 bridgehead atoms. The van der Waals surface area contributed by atoms with Crippen molar-refractivity contribution in [2.75, 3.05) is 13.2 Å². The van der Waals surface area contributed by atoms with Crippen LogP contribution in [0.5, 0.6) is 0 Å². The molecule has 0 aromatic carbocycles. The van der Waals surface area contributed by atoms with Gasteiger partial charge in [-0.2, -0.15) is 13.2 Å². The molecule has 0 unspecified atom stereocenters. The van der Waals surface area contributed by atoms with Crippen LogP contribution in [0.2, 0.25) is 0 Å². The SMILES string of the molecule is O=C(CCNC(=O)OCC(F)(F)F)OC1CCCCC1. The molecule has 1 aliphatic rings. The summed E-state index contributed by atoms with van der Waals surface area (Å²) in [6.45, 7) is -1.76. The van der Waals surface area contributed by atoms with Gasteiger partial charge in [0.05, 0.1) is 6.42 Å². The monoisotopic (exact) mass is 297 g/mol. The summed E-state index contributed by atoms with van der Waals surface area (Å²) in [5, 5.41) is 2.06. The first-order valence-electron chi connectivity index (χ1n) is 6.53. The predicted molar refractivity (Wildman–Crippen MR) is 63.0 cm³/mol. The van der Waals surface area contributed by atoms with Gasteiger partial charge in [-0.05, 0) is 25.7 Å². The van der Waals surface area contributed by atoms with Gasteiger partial charge >= 0.3 is 18.2 Å². The van der Waals surface area contributed by atoms with Crippen LogP contribution in [-0.4, -0.2) is 37.5 Å². The molecule has 0 saturated heterocycles. The van der Waals surface area contributed by atoms with E-state index in [1.54, 1.807) is 0 Å². The van der Waals surface area contributed by atoms with Crippen LogP contribution in [0.25, 0.3) is 0 Å². The highest BCUT2D eigenvalue weighted by molar-refractivity contribution is 5.71. The standard InChI is InChI=1S/C12H18F3NO4/c13-12(14,15)8-19-11(18)16-7-6-10(17)20-9-4-2-1-3-5-9/h9H,1-8H2,(H,16,18). The number of hydrogen-bond acceptors (Lipinski definition) is 4. The maximum atomic E-state index is 11.7. The van der Waals surface area contributed by atoms with Crippen LogP contribution >= 0.6 is 0 Å². The average molecular weight is 297 g/mol. The lowest BCUT2D eigenvalue weighted by Gasteiger charge is -2.21. The lowest BCUT2D eigenvalue weighted by atomic mass is 9.98.